The minimum absolute atomic E-state index is 0.0189. The number of aromatic nitrogens is 2. The second-order valence-corrected chi connectivity index (χ2v) is 5.89. The molecule has 0 aliphatic heterocycles. The van der Waals surface area contributed by atoms with Crippen molar-refractivity contribution in [2.24, 2.45) is 11.7 Å². The molecule has 1 aromatic carbocycles. The summed E-state index contributed by atoms with van der Waals surface area (Å²) >= 11 is 5.94. The van der Waals surface area contributed by atoms with E-state index in [0.717, 1.165) is 12.0 Å². The fraction of sp³-hybridized carbons (Fsp3) is 0.467. The third kappa shape index (κ3) is 4.19. The van der Waals surface area contributed by atoms with E-state index in [1.165, 1.54) is 0 Å². The molecule has 2 N–H and O–H groups in total. The Morgan fingerprint density at radius 1 is 1.38 bits per heavy atom. The van der Waals surface area contributed by atoms with Gasteiger partial charge in [-0.15, -0.1) is 0 Å². The molecule has 0 saturated heterocycles. The lowest BCUT2D eigenvalue weighted by Crippen LogP contribution is -2.24. The monoisotopic (exact) mass is 309 g/mol. The number of nitrogens with two attached hydrogens (primary N) is 1. The Bertz CT molecular complexity index is 598. The molecule has 0 radical (unpaired) electrons. The summed E-state index contributed by atoms with van der Waals surface area (Å²) in [6.07, 6.45) is 1.49. The van der Waals surface area contributed by atoms with Crippen LogP contribution in [0.5, 0.6) is 5.75 Å². The van der Waals surface area contributed by atoms with E-state index >= 15 is 0 Å². The molecule has 1 atom stereocenters. The molecule has 0 aliphatic carbocycles. The molecule has 1 heterocycles. The summed E-state index contributed by atoms with van der Waals surface area (Å²) in [6, 6.07) is 5.31. The predicted molar refractivity (Wildman–Crippen MR) is 82.4 cm³/mol. The van der Waals surface area contributed by atoms with Gasteiger partial charge in [-0.2, -0.15) is 4.98 Å². The molecule has 1 unspecified atom stereocenters. The average molecular weight is 310 g/mol. The van der Waals surface area contributed by atoms with E-state index in [1.54, 1.807) is 19.2 Å². The van der Waals surface area contributed by atoms with Gasteiger partial charge in [-0.05, 0) is 30.5 Å². The highest BCUT2D eigenvalue weighted by Gasteiger charge is 2.16. The Morgan fingerprint density at radius 3 is 2.81 bits per heavy atom. The molecule has 0 bridgehead atoms. The standard InChI is InChI=1S/C15H20ClN3O2/c1-9(2)6-11(17)8-14-18-15(19-21-14)12-5-4-10(16)7-13(12)20-3/h4-5,7,9,11H,6,8,17H2,1-3H3. The fourth-order valence-electron chi connectivity index (χ4n) is 2.21. The van der Waals surface area contributed by atoms with Crippen LogP contribution in [0.2, 0.25) is 5.02 Å². The topological polar surface area (TPSA) is 74.2 Å². The Hall–Kier alpha value is -1.59. The number of ether oxygens (including phenoxy) is 1. The predicted octanol–water partition coefficient (Wildman–Crippen LogP) is 3.31. The van der Waals surface area contributed by atoms with E-state index in [2.05, 4.69) is 24.0 Å². The Labute approximate surface area is 129 Å². The van der Waals surface area contributed by atoms with Crippen molar-refractivity contribution in [3.8, 4) is 17.1 Å². The number of methoxy groups -OCH3 is 1. The van der Waals surface area contributed by atoms with Gasteiger partial charge in [-0.25, -0.2) is 0 Å². The summed E-state index contributed by atoms with van der Waals surface area (Å²) in [5.74, 6) is 2.17. The highest BCUT2D eigenvalue weighted by atomic mass is 35.5. The second kappa shape index (κ2) is 6.91. The van der Waals surface area contributed by atoms with Crippen molar-refractivity contribution >= 4 is 11.6 Å². The number of hydrogen-bond acceptors (Lipinski definition) is 5. The minimum atomic E-state index is 0.0189. The zero-order valence-corrected chi connectivity index (χ0v) is 13.2. The van der Waals surface area contributed by atoms with Gasteiger partial charge in [0.25, 0.3) is 0 Å². The van der Waals surface area contributed by atoms with Crippen molar-refractivity contribution in [3.05, 3.63) is 29.1 Å². The Balaban J connectivity index is 2.16. The van der Waals surface area contributed by atoms with Crippen molar-refractivity contribution in [2.75, 3.05) is 7.11 Å². The van der Waals surface area contributed by atoms with E-state index in [1.807, 2.05) is 6.07 Å². The van der Waals surface area contributed by atoms with Crippen molar-refractivity contribution in [2.45, 2.75) is 32.7 Å². The summed E-state index contributed by atoms with van der Waals surface area (Å²) in [5, 5.41) is 4.59. The third-order valence-electron chi connectivity index (χ3n) is 3.08. The highest BCUT2D eigenvalue weighted by Crippen LogP contribution is 2.30. The lowest BCUT2D eigenvalue weighted by atomic mass is 10.0. The molecular weight excluding hydrogens is 290 g/mol. The zero-order valence-electron chi connectivity index (χ0n) is 12.5. The molecule has 0 spiro atoms. The second-order valence-electron chi connectivity index (χ2n) is 5.45. The van der Waals surface area contributed by atoms with Crippen molar-refractivity contribution in [1.29, 1.82) is 0 Å². The average Bonchev–Trinajstić information content (AvgIpc) is 2.85. The number of nitrogens with zero attached hydrogens (tertiary/aromatic N) is 2. The summed E-state index contributed by atoms with van der Waals surface area (Å²) in [4.78, 5) is 4.39. The number of halogens is 1. The molecule has 0 saturated carbocycles. The van der Waals surface area contributed by atoms with Crippen LogP contribution in [0.4, 0.5) is 0 Å². The number of hydrogen-bond donors (Lipinski definition) is 1. The minimum Gasteiger partial charge on any atom is -0.496 e. The number of benzene rings is 1. The van der Waals surface area contributed by atoms with Crippen molar-refractivity contribution in [3.63, 3.8) is 0 Å². The van der Waals surface area contributed by atoms with E-state index in [9.17, 15) is 0 Å². The Kier molecular flexibility index (Phi) is 5.20. The smallest absolute Gasteiger partial charge is 0.228 e. The molecule has 1 aromatic heterocycles. The summed E-state index contributed by atoms with van der Waals surface area (Å²) in [7, 11) is 1.58. The largest absolute Gasteiger partial charge is 0.496 e. The quantitative estimate of drug-likeness (QED) is 0.886. The maximum Gasteiger partial charge on any atom is 0.228 e. The first kappa shape index (κ1) is 15.8. The normalized spacial score (nSPS) is 12.7. The van der Waals surface area contributed by atoms with Gasteiger partial charge in [0, 0.05) is 17.5 Å². The molecule has 0 amide bonds. The first-order valence-electron chi connectivity index (χ1n) is 6.91. The van der Waals surface area contributed by atoms with E-state index in [4.69, 9.17) is 26.6 Å². The Morgan fingerprint density at radius 2 is 2.14 bits per heavy atom. The maximum atomic E-state index is 6.06. The van der Waals surface area contributed by atoms with Gasteiger partial charge in [-0.3, -0.25) is 0 Å². The fourth-order valence-corrected chi connectivity index (χ4v) is 2.37. The molecule has 21 heavy (non-hydrogen) atoms. The molecule has 2 aromatic rings. The van der Waals surface area contributed by atoms with Gasteiger partial charge in [0.05, 0.1) is 12.7 Å². The zero-order chi connectivity index (χ0) is 15.4. The van der Waals surface area contributed by atoms with Crippen LogP contribution in [-0.2, 0) is 6.42 Å². The number of rotatable bonds is 6. The lowest BCUT2D eigenvalue weighted by molar-refractivity contribution is 0.358. The van der Waals surface area contributed by atoms with Crippen LogP contribution in [0.3, 0.4) is 0 Å². The van der Waals surface area contributed by atoms with Crippen LogP contribution in [-0.4, -0.2) is 23.3 Å². The van der Waals surface area contributed by atoms with Crippen LogP contribution in [0.25, 0.3) is 11.4 Å². The van der Waals surface area contributed by atoms with Crippen LogP contribution >= 0.6 is 11.6 Å². The third-order valence-corrected chi connectivity index (χ3v) is 3.32. The first-order valence-corrected chi connectivity index (χ1v) is 7.29. The lowest BCUT2D eigenvalue weighted by Gasteiger charge is -2.10. The van der Waals surface area contributed by atoms with Crippen LogP contribution < -0.4 is 10.5 Å². The van der Waals surface area contributed by atoms with Gasteiger partial charge in [-0.1, -0.05) is 30.6 Å². The van der Waals surface area contributed by atoms with Crippen molar-refractivity contribution in [1.82, 2.24) is 10.1 Å². The molecule has 2 rings (SSSR count). The molecule has 6 heteroatoms. The maximum absolute atomic E-state index is 6.06. The first-order chi connectivity index (χ1) is 9.99. The highest BCUT2D eigenvalue weighted by molar-refractivity contribution is 6.30. The van der Waals surface area contributed by atoms with E-state index < -0.39 is 0 Å². The van der Waals surface area contributed by atoms with Gasteiger partial charge in [0.2, 0.25) is 11.7 Å². The van der Waals surface area contributed by atoms with E-state index in [0.29, 0.717) is 34.8 Å². The van der Waals surface area contributed by atoms with Crippen molar-refractivity contribution < 1.29 is 9.26 Å². The molecule has 5 nitrogen and oxygen atoms in total. The van der Waals surface area contributed by atoms with Crippen LogP contribution in [0.15, 0.2) is 22.7 Å². The van der Waals surface area contributed by atoms with Crippen LogP contribution in [0.1, 0.15) is 26.2 Å². The SMILES string of the molecule is COc1cc(Cl)ccc1-c1noc(CC(N)CC(C)C)n1. The molecule has 114 valence electrons. The van der Waals surface area contributed by atoms with E-state index in [-0.39, 0.29) is 6.04 Å². The summed E-state index contributed by atoms with van der Waals surface area (Å²) < 4.78 is 10.6. The van der Waals surface area contributed by atoms with Crippen LogP contribution in [0, 0.1) is 5.92 Å². The summed E-state index contributed by atoms with van der Waals surface area (Å²) in [5.41, 5.74) is 6.81. The molecular formula is C15H20ClN3O2. The van der Waals surface area contributed by atoms with Gasteiger partial charge < -0.3 is 15.0 Å². The van der Waals surface area contributed by atoms with Gasteiger partial charge in [0.15, 0.2) is 0 Å². The van der Waals surface area contributed by atoms with Gasteiger partial charge in [0.1, 0.15) is 5.75 Å². The summed E-state index contributed by atoms with van der Waals surface area (Å²) in [6.45, 7) is 4.27. The molecule has 0 fully saturated rings. The molecule has 0 aliphatic rings. The van der Waals surface area contributed by atoms with Gasteiger partial charge >= 0.3 is 0 Å².